The number of benzene rings is 1. The van der Waals surface area contributed by atoms with Crippen LogP contribution in [0.4, 0.5) is 11.9 Å². The highest BCUT2D eigenvalue weighted by atomic mass is 79.9. The zero-order valence-corrected chi connectivity index (χ0v) is 14.7. The minimum Gasteiger partial charge on any atom is -0.493 e. The van der Waals surface area contributed by atoms with Crippen LogP contribution in [-0.2, 0) is 22.6 Å². The number of ether oxygens (including phenoxy) is 3. The van der Waals surface area contributed by atoms with Gasteiger partial charge < -0.3 is 25.7 Å². The van der Waals surface area contributed by atoms with Crippen LogP contribution in [0, 0.1) is 0 Å². The number of nitrogen functional groups attached to an aromatic ring is 2. The summed E-state index contributed by atoms with van der Waals surface area (Å²) in [4.78, 5) is 23.3. The monoisotopic (exact) mass is 397 g/mol. The Bertz CT molecular complexity index is 736. The van der Waals surface area contributed by atoms with Gasteiger partial charge >= 0.3 is 5.97 Å². The molecular formula is C14H16BrN5O4. The molecule has 2 aromatic rings. The largest absolute Gasteiger partial charge is 0.493 e. The fraction of sp³-hybridized carbons (Fsp3) is 0.286. The number of carbonyl (C=O) groups is 1. The number of carbonyl (C=O) groups excluding carboxylic acids is 1. The number of nitrogens with zero attached hydrogens (tertiary/aromatic N) is 3. The normalized spacial score (nSPS) is 10.3. The molecule has 0 bridgehead atoms. The molecular weight excluding hydrogens is 382 g/mol. The van der Waals surface area contributed by atoms with Crippen molar-refractivity contribution in [1.29, 1.82) is 0 Å². The number of hydrogen-bond donors (Lipinski definition) is 2. The number of rotatable bonds is 6. The van der Waals surface area contributed by atoms with Gasteiger partial charge in [-0.3, -0.25) is 4.79 Å². The number of hydrogen-bond acceptors (Lipinski definition) is 9. The van der Waals surface area contributed by atoms with Crippen LogP contribution < -0.4 is 20.9 Å². The fourth-order valence-electron chi connectivity index (χ4n) is 1.90. The molecule has 0 aliphatic rings. The van der Waals surface area contributed by atoms with E-state index in [2.05, 4.69) is 30.9 Å². The van der Waals surface area contributed by atoms with Crippen LogP contribution in [0.3, 0.4) is 0 Å². The second-order valence-electron chi connectivity index (χ2n) is 4.60. The number of nitrogens with two attached hydrogens (primary N) is 2. The van der Waals surface area contributed by atoms with Crippen molar-refractivity contribution in [3.63, 3.8) is 0 Å². The van der Waals surface area contributed by atoms with Crippen molar-refractivity contribution in [1.82, 2.24) is 15.0 Å². The summed E-state index contributed by atoms with van der Waals surface area (Å²) >= 11 is 3.39. The van der Waals surface area contributed by atoms with Gasteiger partial charge in [0.05, 0.1) is 20.6 Å². The average molecular weight is 398 g/mol. The van der Waals surface area contributed by atoms with Crippen molar-refractivity contribution in [3.05, 3.63) is 28.0 Å². The molecule has 0 fully saturated rings. The molecule has 0 aliphatic heterocycles. The Labute approximate surface area is 146 Å². The molecule has 4 N–H and O–H groups in total. The van der Waals surface area contributed by atoms with Gasteiger partial charge in [0, 0.05) is 4.47 Å². The highest BCUT2D eigenvalue weighted by molar-refractivity contribution is 9.10. The first-order valence-corrected chi connectivity index (χ1v) is 7.54. The van der Waals surface area contributed by atoms with Crippen molar-refractivity contribution >= 4 is 33.8 Å². The highest BCUT2D eigenvalue weighted by Crippen LogP contribution is 2.33. The first-order chi connectivity index (χ1) is 11.4. The van der Waals surface area contributed by atoms with E-state index in [1.54, 1.807) is 12.1 Å². The van der Waals surface area contributed by atoms with Crippen LogP contribution in [0.5, 0.6) is 11.5 Å². The van der Waals surface area contributed by atoms with E-state index in [-0.39, 0.29) is 30.7 Å². The summed E-state index contributed by atoms with van der Waals surface area (Å²) in [7, 11) is 3.05. The first-order valence-electron chi connectivity index (χ1n) is 6.75. The van der Waals surface area contributed by atoms with Crippen LogP contribution >= 0.6 is 15.9 Å². The molecule has 0 amide bonds. The molecule has 0 saturated heterocycles. The van der Waals surface area contributed by atoms with Gasteiger partial charge in [-0.2, -0.15) is 15.0 Å². The van der Waals surface area contributed by atoms with E-state index in [0.29, 0.717) is 21.5 Å². The molecule has 0 aliphatic carbocycles. The third kappa shape index (κ3) is 4.44. The Kier molecular flexibility index (Phi) is 5.74. The number of aromatic nitrogens is 3. The van der Waals surface area contributed by atoms with Gasteiger partial charge in [0.15, 0.2) is 23.9 Å². The Morgan fingerprint density at radius 1 is 1.08 bits per heavy atom. The lowest BCUT2D eigenvalue weighted by atomic mass is 10.1. The Hall–Kier alpha value is -2.62. The number of esters is 1. The van der Waals surface area contributed by atoms with E-state index >= 15 is 0 Å². The predicted molar refractivity (Wildman–Crippen MR) is 89.4 cm³/mol. The molecule has 1 aromatic heterocycles. The van der Waals surface area contributed by atoms with Crippen molar-refractivity contribution in [2.75, 3.05) is 25.7 Å². The lowest BCUT2D eigenvalue weighted by Crippen LogP contribution is -2.12. The van der Waals surface area contributed by atoms with Crippen molar-refractivity contribution in [2.24, 2.45) is 0 Å². The Morgan fingerprint density at radius 3 is 2.25 bits per heavy atom. The molecule has 10 heteroatoms. The van der Waals surface area contributed by atoms with Crippen LogP contribution in [0.1, 0.15) is 11.4 Å². The van der Waals surface area contributed by atoms with E-state index in [1.165, 1.54) is 14.2 Å². The molecule has 0 atom stereocenters. The van der Waals surface area contributed by atoms with Gasteiger partial charge in [-0.15, -0.1) is 0 Å². The Morgan fingerprint density at radius 2 is 1.67 bits per heavy atom. The summed E-state index contributed by atoms with van der Waals surface area (Å²) in [5.74, 6) is 0.715. The lowest BCUT2D eigenvalue weighted by molar-refractivity contribution is -0.144. The minimum atomic E-state index is -0.472. The smallest absolute Gasteiger partial charge is 0.310 e. The summed E-state index contributed by atoms with van der Waals surface area (Å²) in [6, 6.07) is 3.41. The lowest BCUT2D eigenvalue weighted by Gasteiger charge is -2.11. The summed E-state index contributed by atoms with van der Waals surface area (Å²) < 4.78 is 16.2. The topological polar surface area (TPSA) is 135 Å². The summed E-state index contributed by atoms with van der Waals surface area (Å²) in [5, 5.41) is 0. The van der Waals surface area contributed by atoms with Gasteiger partial charge in [-0.05, 0) is 17.7 Å². The van der Waals surface area contributed by atoms with Crippen LogP contribution in [0.25, 0.3) is 0 Å². The SMILES string of the molecule is COc1cc(Br)c(CC(=O)OCc2nc(N)nc(N)n2)cc1OC. The fourth-order valence-corrected chi connectivity index (χ4v) is 2.37. The molecule has 128 valence electrons. The molecule has 2 rings (SSSR count). The van der Waals surface area contributed by atoms with E-state index in [0.717, 1.165) is 0 Å². The molecule has 9 nitrogen and oxygen atoms in total. The second-order valence-corrected chi connectivity index (χ2v) is 5.46. The molecule has 0 radical (unpaired) electrons. The summed E-state index contributed by atoms with van der Waals surface area (Å²) in [6.45, 7) is -0.152. The van der Waals surface area contributed by atoms with Crippen LogP contribution in [0.15, 0.2) is 16.6 Å². The van der Waals surface area contributed by atoms with Crippen LogP contribution in [0.2, 0.25) is 0 Å². The van der Waals surface area contributed by atoms with Gasteiger partial charge in [0.1, 0.15) is 0 Å². The van der Waals surface area contributed by atoms with Gasteiger partial charge in [0.2, 0.25) is 11.9 Å². The standard InChI is InChI=1S/C14H16BrN5O4/c1-22-9-3-7(8(15)5-10(9)23-2)4-12(21)24-6-11-18-13(16)20-14(17)19-11/h3,5H,4,6H2,1-2H3,(H4,16,17,18,19,20). The molecule has 24 heavy (non-hydrogen) atoms. The van der Waals surface area contributed by atoms with E-state index in [4.69, 9.17) is 25.7 Å². The molecule has 0 saturated carbocycles. The quantitative estimate of drug-likeness (QED) is 0.686. The first kappa shape index (κ1) is 17.7. The molecule has 0 unspecified atom stereocenters. The van der Waals surface area contributed by atoms with Gasteiger partial charge in [-0.1, -0.05) is 15.9 Å². The Balaban J connectivity index is 2.04. The molecule has 1 aromatic carbocycles. The highest BCUT2D eigenvalue weighted by Gasteiger charge is 2.14. The third-order valence-electron chi connectivity index (χ3n) is 2.97. The maximum absolute atomic E-state index is 12.0. The zero-order chi connectivity index (χ0) is 17.7. The summed E-state index contributed by atoms with van der Waals surface area (Å²) in [6.07, 6.45) is 0.0248. The van der Waals surface area contributed by atoms with E-state index in [9.17, 15) is 4.79 Å². The maximum atomic E-state index is 12.0. The van der Waals surface area contributed by atoms with Gasteiger partial charge in [-0.25, -0.2) is 0 Å². The van der Waals surface area contributed by atoms with Crippen molar-refractivity contribution in [2.45, 2.75) is 13.0 Å². The van der Waals surface area contributed by atoms with Crippen molar-refractivity contribution < 1.29 is 19.0 Å². The van der Waals surface area contributed by atoms with E-state index < -0.39 is 5.97 Å². The minimum absolute atomic E-state index is 0.0248. The molecule has 0 spiro atoms. The maximum Gasteiger partial charge on any atom is 0.310 e. The number of methoxy groups -OCH3 is 2. The van der Waals surface area contributed by atoms with Crippen LogP contribution in [-0.4, -0.2) is 35.1 Å². The summed E-state index contributed by atoms with van der Waals surface area (Å²) in [5.41, 5.74) is 11.6. The zero-order valence-electron chi connectivity index (χ0n) is 13.1. The van der Waals surface area contributed by atoms with E-state index in [1.807, 2.05) is 0 Å². The third-order valence-corrected chi connectivity index (χ3v) is 3.70. The molecule has 1 heterocycles. The predicted octanol–water partition coefficient (Wildman–Crippen LogP) is 1.10. The second kappa shape index (κ2) is 7.77. The average Bonchev–Trinajstić information content (AvgIpc) is 2.53. The number of anilines is 2. The van der Waals surface area contributed by atoms with Crippen molar-refractivity contribution in [3.8, 4) is 11.5 Å². The number of halogens is 1. The van der Waals surface area contributed by atoms with Gasteiger partial charge in [0.25, 0.3) is 0 Å².